The molecule has 2 heterocycles. The first-order valence-electron chi connectivity index (χ1n) is 5.72. The number of nitrogens with one attached hydrogen (secondary N) is 1. The van der Waals surface area contributed by atoms with Gasteiger partial charge in [-0.15, -0.1) is 0 Å². The van der Waals surface area contributed by atoms with Crippen molar-refractivity contribution < 1.29 is 4.74 Å². The molecule has 1 atom stereocenters. The Balaban J connectivity index is 2.36. The molecule has 1 saturated heterocycles. The average molecular weight is 222 g/mol. The van der Waals surface area contributed by atoms with Crippen LogP contribution < -0.4 is 11.3 Å². The molecule has 1 fully saturated rings. The molecule has 1 aromatic heterocycles. The topological polar surface area (TPSA) is 73.1 Å². The van der Waals surface area contributed by atoms with E-state index >= 15 is 0 Å². The van der Waals surface area contributed by atoms with E-state index in [2.05, 4.69) is 22.3 Å². The normalized spacial score (nSPS) is 20.1. The van der Waals surface area contributed by atoms with Gasteiger partial charge in [-0.05, 0) is 26.2 Å². The number of aryl methyl sites for hydroxylation is 1. The summed E-state index contributed by atoms with van der Waals surface area (Å²) in [7, 11) is 0. The number of hydrazine groups is 1. The monoisotopic (exact) mass is 222 g/mol. The van der Waals surface area contributed by atoms with Crippen molar-refractivity contribution >= 4 is 5.82 Å². The molecule has 0 spiro atoms. The lowest BCUT2D eigenvalue weighted by Gasteiger charge is -2.14. The van der Waals surface area contributed by atoms with Crippen LogP contribution in [0.1, 0.15) is 43.0 Å². The van der Waals surface area contributed by atoms with Gasteiger partial charge in [-0.25, -0.2) is 15.8 Å². The van der Waals surface area contributed by atoms with Crippen molar-refractivity contribution in [1.29, 1.82) is 0 Å². The Bertz CT molecular complexity index is 374. The van der Waals surface area contributed by atoms with Gasteiger partial charge in [0.2, 0.25) is 0 Å². The van der Waals surface area contributed by atoms with Crippen molar-refractivity contribution in [2.24, 2.45) is 5.84 Å². The molecule has 3 N–H and O–H groups in total. The molecule has 0 aromatic carbocycles. The average Bonchev–Trinajstić information content (AvgIpc) is 2.81. The fraction of sp³-hybridized carbons (Fsp3) is 0.636. The minimum atomic E-state index is 0.0386. The third-order valence-electron chi connectivity index (χ3n) is 2.94. The van der Waals surface area contributed by atoms with Gasteiger partial charge >= 0.3 is 0 Å². The second-order valence-electron chi connectivity index (χ2n) is 3.99. The van der Waals surface area contributed by atoms with Crippen LogP contribution in [-0.4, -0.2) is 16.6 Å². The van der Waals surface area contributed by atoms with Crippen molar-refractivity contribution in [3.8, 4) is 0 Å². The summed E-state index contributed by atoms with van der Waals surface area (Å²) < 4.78 is 5.57. The van der Waals surface area contributed by atoms with Crippen LogP contribution in [0, 0.1) is 6.92 Å². The van der Waals surface area contributed by atoms with E-state index < -0.39 is 0 Å². The second-order valence-corrected chi connectivity index (χ2v) is 3.99. The van der Waals surface area contributed by atoms with Gasteiger partial charge in [0.1, 0.15) is 11.9 Å². The van der Waals surface area contributed by atoms with Crippen molar-refractivity contribution in [3.05, 3.63) is 17.1 Å². The maximum absolute atomic E-state index is 5.57. The highest BCUT2D eigenvalue weighted by atomic mass is 16.5. The van der Waals surface area contributed by atoms with Gasteiger partial charge < -0.3 is 10.2 Å². The van der Waals surface area contributed by atoms with Crippen molar-refractivity contribution in [2.45, 2.75) is 39.2 Å². The third-order valence-corrected chi connectivity index (χ3v) is 2.94. The molecule has 1 aliphatic heterocycles. The van der Waals surface area contributed by atoms with E-state index in [0.29, 0.717) is 0 Å². The summed E-state index contributed by atoms with van der Waals surface area (Å²) in [5.41, 5.74) is 4.70. The number of hydrogen-bond acceptors (Lipinski definition) is 5. The zero-order valence-electron chi connectivity index (χ0n) is 9.79. The second kappa shape index (κ2) is 4.76. The Morgan fingerprint density at radius 1 is 1.50 bits per heavy atom. The van der Waals surface area contributed by atoms with Gasteiger partial charge in [0.25, 0.3) is 0 Å². The predicted molar refractivity (Wildman–Crippen MR) is 61.9 cm³/mol. The first kappa shape index (κ1) is 11.3. The zero-order valence-corrected chi connectivity index (χ0v) is 9.79. The van der Waals surface area contributed by atoms with E-state index in [1.165, 1.54) is 0 Å². The predicted octanol–water partition coefficient (Wildman–Crippen LogP) is 1.48. The number of nitrogen functional groups attached to an aromatic ring is 1. The summed E-state index contributed by atoms with van der Waals surface area (Å²) in [6.07, 6.45) is 2.98. The minimum absolute atomic E-state index is 0.0386. The molecule has 16 heavy (non-hydrogen) atoms. The summed E-state index contributed by atoms with van der Waals surface area (Å²) in [6, 6.07) is 0. The fourth-order valence-corrected chi connectivity index (χ4v) is 2.09. The molecule has 1 aliphatic rings. The third kappa shape index (κ3) is 2.01. The quantitative estimate of drug-likeness (QED) is 0.598. The number of ether oxygens (including phenoxy) is 1. The van der Waals surface area contributed by atoms with Crippen LogP contribution in [0.25, 0.3) is 0 Å². The summed E-state index contributed by atoms with van der Waals surface area (Å²) in [5, 5.41) is 0. The molecule has 0 radical (unpaired) electrons. The van der Waals surface area contributed by atoms with Gasteiger partial charge in [-0.2, -0.15) is 0 Å². The van der Waals surface area contributed by atoms with E-state index in [1.807, 2.05) is 6.92 Å². The van der Waals surface area contributed by atoms with E-state index in [9.17, 15) is 0 Å². The highest BCUT2D eigenvalue weighted by Gasteiger charge is 2.22. The van der Waals surface area contributed by atoms with E-state index in [4.69, 9.17) is 10.6 Å². The first-order valence-corrected chi connectivity index (χ1v) is 5.72. The molecule has 0 amide bonds. The van der Waals surface area contributed by atoms with Gasteiger partial charge in [0, 0.05) is 17.9 Å². The molecule has 88 valence electrons. The Morgan fingerprint density at radius 3 is 2.88 bits per heavy atom. The van der Waals surface area contributed by atoms with E-state index in [0.717, 1.165) is 48.8 Å². The Hall–Kier alpha value is -1.20. The van der Waals surface area contributed by atoms with Gasteiger partial charge in [0.05, 0.1) is 0 Å². The Labute approximate surface area is 95.4 Å². The standard InChI is InChI=1S/C11H18N4O/c1-3-8-7(2)13-11(14-10(8)15-12)9-5-4-6-16-9/h9H,3-6,12H2,1-2H3,(H,13,14,15). The Morgan fingerprint density at radius 2 is 2.31 bits per heavy atom. The number of nitrogens with two attached hydrogens (primary N) is 1. The molecule has 5 heteroatoms. The minimum Gasteiger partial charge on any atom is -0.370 e. The van der Waals surface area contributed by atoms with Crippen LogP contribution in [0.3, 0.4) is 0 Å². The molecule has 0 bridgehead atoms. The summed E-state index contributed by atoms with van der Waals surface area (Å²) >= 11 is 0. The van der Waals surface area contributed by atoms with Gasteiger partial charge in [-0.3, -0.25) is 0 Å². The molecular formula is C11H18N4O. The number of nitrogens with zero attached hydrogens (tertiary/aromatic N) is 2. The number of aromatic nitrogens is 2. The molecule has 1 aromatic rings. The van der Waals surface area contributed by atoms with Crippen LogP contribution in [0.4, 0.5) is 5.82 Å². The largest absolute Gasteiger partial charge is 0.370 e. The van der Waals surface area contributed by atoms with Crippen LogP contribution in [0.15, 0.2) is 0 Å². The smallest absolute Gasteiger partial charge is 0.159 e. The molecular weight excluding hydrogens is 204 g/mol. The number of anilines is 1. The van der Waals surface area contributed by atoms with Gasteiger partial charge in [0.15, 0.2) is 5.82 Å². The summed E-state index contributed by atoms with van der Waals surface area (Å²) in [5.74, 6) is 6.95. The van der Waals surface area contributed by atoms with Gasteiger partial charge in [-0.1, -0.05) is 6.92 Å². The van der Waals surface area contributed by atoms with Crippen LogP contribution in [0.2, 0.25) is 0 Å². The number of rotatable bonds is 3. The first-order chi connectivity index (χ1) is 7.76. The Kier molecular flexibility index (Phi) is 3.36. The lowest BCUT2D eigenvalue weighted by Crippen LogP contribution is -2.16. The zero-order chi connectivity index (χ0) is 11.5. The highest BCUT2D eigenvalue weighted by Crippen LogP contribution is 2.28. The van der Waals surface area contributed by atoms with E-state index in [-0.39, 0.29) is 6.10 Å². The maximum atomic E-state index is 5.57. The molecule has 0 saturated carbocycles. The molecule has 0 aliphatic carbocycles. The van der Waals surface area contributed by atoms with E-state index in [1.54, 1.807) is 0 Å². The molecule has 1 unspecified atom stereocenters. The van der Waals surface area contributed by atoms with Crippen molar-refractivity contribution in [3.63, 3.8) is 0 Å². The number of hydrogen-bond donors (Lipinski definition) is 2. The van der Waals surface area contributed by atoms with Crippen LogP contribution in [0.5, 0.6) is 0 Å². The highest BCUT2D eigenvalue weighted by molar-refractivity contribution is 5.45. The van der Waals surface area contributed by atoms with Crippen LogP contribution >= 0.6 is 0 Å². The van der Waals surface area contributed by atoms with Crippen LogP contribution in [-0.2, 0) is 11.2 Å². The maximum Gasteiger partial charge on any atom is 0.159 e. The summed E-state index contributed by atoms with van der Waals surface area (Å²) in [6.45, 7) is 4.85. The van der Waals surface area contributed by atoms with Crippen molar-refractivity contribution in [1.82, 2.24) is 9.97 Å². The SMILES string of the molecule is CCc1c(C)nc(C2CCCO2)nc1NN. The lowest BCUT2D eigenvalue weighted by molar-refractivity contribution is 0.105. The lowest BCUT2D eigenvalue weighted by atomic mass is 10.1. The van der Waals surface area contributed by atoms with Crippen molar-refractivity contribution in [2.75, 3.05) is 12.0 Å². The molecule has 5 nitrogen and oxygen atoms in total. The summed E-state index contributed by atoms with van der Waals surface area (Å²) in [4.78, 5) is 8.94. The fourth-order valence-electron chi connectivity index (χ4n) is 2.09. The molecule has 2 rings (SSSR count).